The molecule has 3 heteroatoms. The van der Waals surface area contributed by atoms with Crippen molar-refractivity contribution in [2.24, 2.45) is 0 Å². The van der Waals surface area contributed by atoms with Gasteiger partial charge >= 0.3 is 0 Å². The number of hydrogen-bond acceptors (Lipinski definition) is 2. The number of nitrogens with zero attached hydrogens (tertiary/aromatic N) is 1. The summed E-state index contributed by atoms with van der Waals surface area (Å²) in [4.78, 5) is 4.63. The van der Waals surface area contributed by atoms with E-state index in [0.29, 0.717) is 0 Å². The second kappa shape index (κ2) is 7.47. The number of halogens is 1. The lowest BCUT2D eigenvalue weighted by atomic mass is 10.0. The van der Waals surface area contributed by atoms with Crippen LogP contribution in [0.1, 0.15) is 0 Å². The highest BCUT2D eigenvalue weighted by atomic mass is 19.1. The molecular weight excluding hydrogens is 397 g/mol. The van der Waals surface area contributed by atoms with E-state index in [1.165, 1.54) is 12.1 Å². The van der Waals surface area contributed by atoms with Crippen LogP contribution in [0, 0.1) is 5.82 Å². The first-order valence-corrected chi connectivity index (χ1v) is 10.5. The van der Waals surface area contributed by atoms with E-state index < -0.39 is 0 Å². The fraction of sp³-hybridized carbons (Fsp3) is 0. The maximum atomic E-state index is 13.3. The van der Waals surface area contributed by atoms with Gasteiger partial charge in [0.2, 0.25) is 0 Å². The second-order valence-electron chi connectivity index (χ2n) is 7.80. The molecule has 6 aromatic rings. The third-order valence-electron chi connectivity index (χ3n) is 5.82. The Morgan fingerprint density at radius 3 is 2.19 bits per heavy atom. The molecule has 0 saturated carbocycles. The lowest BCUT2D eigenvalue weighted by molar-refractivity contribution is 0.628. The maximum absolute atomic E-state index is 13.3. The van der Waals surface area contributed by atoms with Crippen LogP contribution in [0.25, 0.3) is 55.4 Å². The fourth-order valence-corrected chi connectivity index (χ4v) is 4.21. The Hall–Kier alpha value is -4.24. The van der Waals surface area contributed by atoms with Gasteiger partial charge in [-0.05, 0) is 64.7 Å². The van der Waals surface area contributed by atoms with Crippen LogP contribution in [0.5, 0.6) is 0 Å². The lowest BCUT2D eigenvalue weighted by Crippen LogP contribution is -1.86. The highest BCUT2D eigenvalue weighted by molar-refractivity contribution is 6.10. The van der Waals surface area contributed by atoms with Crippen molar-refractivity contribution in [3.63, 3.8) is 0 Å². The zero-order valence-electron chi connectivity index (χ0n) is 17.1. The lowest BCUT2D eigenvalue weighted by Gasteiger charge is -2.06. The first-order chi connectivity index (χ1) is 15.8. The van der Waals surface area contributed by atoms with Gasteiger partial charge in [0, 0.05) is 22.5 Å². The van der Waals surface area contributed by atoms with Crippen molar-refractivity contribution >= 4 is 21.9 Å². The van der Waals surface area contributed by atoms with E-state index in [2.05, 4.69) is 35.3 Å². The van der Waals surface area contributed by atoms with Crippen LogP contribution in [-0.2, 0) is 0 Å². The van der Waals surface area contributed by atoms with Crippen LogP contribution < -0.4 is 0 Å². The molecule has 0 fully saturated rings. The normalized spacial score (nSPS) is 11.3. The zero-order chi connectivity index (χ0) is 21.5. The first-order valence-electron chi connectivity index (χ1n) is 10.5. The van der Waals surface area contributed by atoms with Crippen molar-refractivity contribution in [1.29, 1.82) is 0 Å². The predicted octanol–water partition coefficient (Wildman–Crippen LogP) is 8.12. The van der Waals surface area contributed by atoms with Crippen LogP contribution in [0.4, 0.5) is 4.39 Å². The van der Waals surface area contributed by atoms with Gasteiger partial charge in [-0.3, -0.25) is 4.98 Å². The highest BCUT2D eigenvalue weighted by Crippen LogP contribution is 2.37. The summed E-state index contributed by atoms with van der Waals surface area (Å²) in [6.45, 7) is 0. The van der Waals surface area contributed by atoms with Gasteiger partial charge in [-0.15, -0.1) is 0 Å². The SMILES string of the molecule is Fc1ccc(-c2ccc3c(c2)oc2c(-c4cc(-c5ccccc5)ccn4)cccc23)cc1. The molecule has 2 heterocycles. The summed E-state index contributed by atoms with van der Waals surface area (Å²) in [5.74, 6) is -0.242. The van der Waals surface area contributed by atoms with Gasteiger partial charge in [-0.1, -0.05) is 60.7 Å². The predicted molar refractivity (Wildman–Crippen MR) is 128 cm³/mol. The van der Waals surface area contributed by atoms with Gasteiger partial charge in [0.25, 0.3) is 0 Å². The van der Waals surface area contributed by atoms with Gasteiger partial charge < -0.3 is 4.42 Å². The number of rotatable bonds is 3. The van der Waals surface area contributed by atoms with Gasteiger partial charge in [0.15, 0.2) is 0 Å². The molecule has 4 aromatic carbocycles. The van der Waals surface area contributed by atoms with Crippen LogP contribution >= 0.6 is 0 Å². The van der Waals surface area contributed by atoms with E-state index in [4.69, 9.17) is 4.42 Å². The molecule has 0 N–H and O–H groups in total. The van der Waals surface area contributed by atoms with Gasteiger partial charge in [0.05, 0.1) is 5.69 Å². The highest BCUT2D eigenvalue weighted by Gasteiger charge is 2.14. The van der Waals surface area contributed by atoms with Crippen LogP contribution in [0.3, 0.4) is 0 Å². The van der Waals surface area contributed by atoms with E-state index in [9.17, 15) is 4.39 Å². The molecule has 0 radical (unpaired) electrons. The first kappa shape index (κ1) is 18.5. The molecule has 0 bridgehead atoms. The molecule has 6 rings (SSSR count). The molecule has 0 amide bonds. The minimum atomic E-state index is -0.242. The molecule has 0 aliphatic carbocycles. The molecule has 0 unspecified atom stereocenters. The smallest absolute Gasteiger partial charge is 0.144 e. The summed E-state index contributed by atoms with van der Waals surface area (Å²) >= 11 is 0. The number of pyridine rings is 1. The van der Waals surface area contributed by atoms with Crippen LogP contribution in [0.2, 0.25) is 0 Å². The van der Waals surface area contributed by atoms with E-state index in [1.807, 2.05) is 54.7 Å². The largest absolute Gasteiger partial charge is 0.455 e. The van der Waals surface area contributed by atoms with E-state index in [-0.39, 0.29) is 5.82 Å². The quantitative estimate of drug-likeness (QED) is 0.292. The van der Waals surface area contributed by atoms with Crippen molar-refractivity contribution in [2.75, 3.05) is 0 Å². The summed E-state index contributed by atoms with van der Waals surface area (Å²) < 4.78 is 19.7. The monoisotopic (exact) mass is 415 g/mol. The van der Waals surface area contributed by atoms with Crippen LogP contribution in [-0.4, -0.2) is 4.98 Å². The maximum Gasteiger partial charge on any atom is 0.144 e. The molecule has 0 atom stereocenters. The Kier molecular flexibility index (Phi) is 4.32. The molecule has 0 saturated heterocycles. The standard InChI is InChI=1S/C29H18FNO/c30-23-12-9-20(10-13-23)21-11-14-24-25-7-4-8-26(29(25)32-28(24)18-21)27-17-22(15-16-31-27)19-5-2-1-3-6-19/h1-18H. The minimum Gasteiger partial charge on any atom is -0.455 e. The summed E-state index contributed by atoms with van der Waals surface area (Å²) in [5.41, 5.74) is 7.65. The topological polar surface area (TPSA) is 26.0 Å². The number of benzene rings is 4. The zero-order valence-corrected chi connectivity index (χ0v) is 17.1. The molecule has 2 nitrogen and oxygen atoms in total. The van der Waals surface area contributed by atoms with E-state index >= 15 is 0 Å². The minimum absolute atomic E-state index is 0.242. The summed E-state index contributed by atoms with van der Waals surface area (Å²) in [7, 11) is 0. The fourth-order valence-electron chi connectivity index (χ4n) is 4.21. The number of para-hydroxylation sites is 1. The third-order valence-corrected chi connectivity index (χ3v) is 5.82. The molecule has 0 spiro atoms. The second-order valence-corrected chi connectivity index (χ2v) is 7.80. The molecular formula is C29H18FNO. The number of furan rings is 1. The Morgan fingerprint density at radius 1 is 0.594 bits per heavy atom. The van der Waals surface area contributed by atoms with E-state index in [1.54, 1.807) is 12.1 Å². The Bertz CT molecular complexity index is 1570. The number of fused-ring (bicyclic) bond motifs is 3. The van der Waals surface area contributed by atoms with Crippen molar-refractivity contribution in [2.45, 2.75) is 0 Å². The van der Waals surface area contributed by atoms with Crippen molar-refractivity contribution in [1.82, 2.24) is 4.98 Å². The van der Waals surface area contributed by atoms with Gasteiger partial charge in [0.1, 0.15) is 17.0 Å². The van der Waals surface area contributed by atoms with Crippen molar-refractivity contribution in [3.05, 3.63) is 115 Å². The van der Waals surface area contributed by atoms with Gasteiger partial charge in [-0.2, -0.15) is 0 Å². The molecule has 2 aromatic heterocycles. The Balaban J connectivity index is 1.50. The summed E-state index contributed by atoms with van der Waals surface area (Å²) in [6, 6.07) is 33.2. The van der Waals surface area contributed by atoms with E-state index in [0.717, 1.165) is 55.4 Å². The average molecular weight is 415 g/mol. The molecule has 152 valence electrons. The Morgan fingerprint density at radius 2 is 1.34 bits per heavy atom. The number of aromatic nitrogens is 1. The summed E-state index contributed by atoms with van der Waals surface area (Å²) in [6.07, 6.45) is 1.84. The average Bonchev–Trinajstić information content (AvgIpc) is 3.23. The summed E-state index contributed by atoms with van der Waals surface area (Å²) in [5, 5.41) is 2.10. The molecule has 0 aliphatic rings. The Labute approximate surface area is 184 Å². The van der Waals surface area contributed by atoms with Gasteiger partial charge in [-0.25, -0.2) is 4.39 Å². The number of hydrogen-bond donors (Lipinski definition) is 0. The van der Waals surface area contributed by atoms with Crippen LogP contribution in [0.15, 0.2) is 114 Å². The molecule has 0 aliphatic heterocycles. The third kappa shape index (κ3) is 3.15. The van der Waals surface area contributed by atoms with Crippen molar-refractivity contribution in [3.8, 4) is 33.5 Å². The molecule has 32 heavy (non-hydrogen) atoms. The van der Waals surface area contributed by atoms with Crippen molar-refractivity contribution < 1.29 is 8.81 Å².